The number of amides is 1. The van der Waals surface area contributed by atoms with Gasteiger partial charge in [-0.2, -0.15) is 0 Å². The monoisotopic (exact) mass is 1110 g/mol. The SMILES string of the molecule is COc1ccc(CN2CCN(C3CC4(CCN(c5cc(Oc6cnc7[nH]ccc7c6)c(C(=O)NS(=O)(=O)c6cc([N+](=O)[O-])c(NCC7(F)CCN(C(C)C)CC7)c7[nH]cnc67)cc5F)CC4)C3)C(c3ccccc3C(C)C)C2)cc1. The number of piperazine rings is 1. The molecule has 21 heteroatoms. The van der Waals surface area contributed by atoms with Crippen LogP contribution in [0.15, 0.2) is 102 Å². The molecule has 1 amide bonds. The van der Waals surface area contributed by atoms with Crippen molar-refractivity contribution >= 4 is 55.1 Å². The average molecular weight is 1110 g/mol. The zero-order valence-corrected chi connectivity index (χ0v) is 46.6. The molecule has 80 heavy (non-hydrogen) atoms. The first-order valence-corrected chi connectivity index (χ1v) is 29.1. The first kappa shape index (κ1) is 54.7. The van der Waals surface area contributed by atoms with E-state index in [9.17, 15) is 23.3 Å². The van der Waals surface area contributed by atoms with Crippen molar-refractivity contribution in [2.45, 2.75) is 107 Å². The van der Waals surface area contributed by atoms with Gasteiger partial charge in [-0.25, -0.2) is 31.9 Å². The number of nitro groups is 1. The number of sulfonamides is 1. The number of methoxy groups -OCH3 is 1. The minimum Gasteiger partial charge on any atom is -0.497 e. The summed E-state index contributed by atoms with van der Waals surface area (Å²) < 4.78 is 75.3. The summed E-state index contributed by atoms with van der Waals surface area (Å²) in [6.07, 6.45) is 8.41. The standard InChI is InChI=1S/C59H69F2N11O7S/c1-37(2)44-8-6-7-9-45(44)50-34-68(33-39-10-12-42(78-5)13-11-39)24-25-71(50)41-30-58(31-41)15-20-70(21-16-58)48-28-51(79-43-26-40-14-19-62-56(40)63-32-43)46(27-47(48)60)57(73)67-80(76,77)52-29-49(72(74)75)53(55-54(52)65-36-66-55)64-35-59(61)17-22-69(23-18-59)38(3)4/h6-14,19,26-29,32,36-38,41,50,64H,15-18,20-25,30-31,33-35H2,1-5H3,(H,62,63)(H,65,66)(H,67,73). The van der Waals surface area contributed by atoms with Gasteiger partial charge in [-0.1, -0.05) is 50.2 Å². The smallest absolute Gasteiger partial charge is 0.296 e. The molecule has 18 nitrogen and oxygen atoms in total. The quantitative estimate of drug-likeness (QED) is 0.0495. The molecule has 0 bridgehead atoms. The maximum Gasteiger partial charge on any atom is 0.296 e. The van der Waals surface area contributed by atoms with E-state index in [4.69, 9.17) is 9.47 Å². The Morgan fingerprint density at radius 1 is 0.912 bits per heavy atom. The van der Waals surface area contributed by atoms with E-state index in [2.05, 4.69) is 90.2 Å². The van der Waals surface area contributed by atoms with Gasteiger partial charge in [-0.05, 0) is 111 Å². The van der Waals surface area contributed by atoms with Crippen molar-refractivity contribution in [2.24, 2.45) is 5.41 Å². The van der Waals surface area contributed by atoms with E-state index in [1.54, 1.807) is 25.4 Å². The Morgan fingerprint density at radius 3 is 2.38 bits per heavy atom. The summed E-state index contributed by atoms with van der Waals surface area (Å²) >= 11 is 0. The Morgan fingerprint density at radius 2 is 1.66 bits per heavy atom. The van der Waals surface area contributed by atoms with E-state index in [0.717, 1.165) is 76.1 Å². The Bertz CT molecular complexity index is 3530. The highest BCUT2D eigenvalue weighted by molar-refractivity contribution is 7.90. The van der Waals surface area contributed by atoms with E-state index in [1.807, 2.05) is 35.6 Å². The Labute approximate surface area is 464 Å². The van der Waals surface area contributed by atoms with Gasteiger partial charge in [0.05, 0.1) is 41.3 Å². The van der Waals surface area contributed by atoms with Crippen molar-refractivity contribution < 1.29 is 36.4 Å². The summed E-state index contributed by atoms with van der Waals surface area (Å²) in [7, 11) is -3.28. The number of piperidine rings is 2. The van der Waals surface area contributed by atoms with E-state index < -0.39 is 48.5 Å². The van der Waals surface area contributed by atoms with Crippen molar-refractivity contribution in [3.8, 4) is 17.2 Å². The third-order valence-corrected chi connectivity index (χ3v) is 18.6. The van der Waals surface area contributed by atoms with E-state index in [-0.39, 0.29) is 70.8 Å². The zero-order chi connectivity index (χ0) is 56.1. The number of alkyl halides is 1. The molecule has 6 heterocycles. The molecule has 1 spiro atoms. The maximum atomic E-state index is 16.8. The molecule has 1 atom stereocenters. The molecular weight excluding hydrogens is 1040 g/mol. The minimum atomic E-state index is -4.97. The Hall–Kier alpha value is -7.20. The van der Waals surface area contributed by atoms with Gasteiger partial charge >= 0.3 is 0 Å². The number of anilines is 2. The molecule has 4 N–H and O–H groups in total. The van der Waals surface area contributed by atoms with Crippen LogP contribution in [0, 0.1) is 21.3 Å². The molecule has 4 fully saturated rings. The Balaban J connectivity index is 0.816. The van der Waals surface area contributed by atoms with E-state index in [0.29, 0.717) is 49.2 Å². The Kier molecular flexibility index (Phi) is 15.1. The van der Waals surface area contributed by atoms with Crippen molar-refractivity contribution in [3.05, 3.63) is 136 Å². The molecule has 1 aliphatic carbocycles. The highest BCUT2D eigenvalue weighted by atomic mass is 32.2. The number of ether oxygens (including phenoxy) is 2. The van der Waals surface area contributed by atoms with Crippen LogP contribution in [0.1, 0.15) is 105 Å². The van der Waals surface area contributed by atoms with Crippen LogP contribution in [0.25, 0.3) is 22.1 Å². The van der Waals surface area contributed by atoms with Crippen LogP contribution in [0.4, 0.5) is 25.8 Å². The molecule has 4 aromatic carbocycles. The first-order valence-electron chi connectivity index (χ1n) is 27.7. The highest BCUT2D eigenvalue weighted by Gasteiger charge is 2.50. The number of carbonyl (C=O) groups excluding carboxylic acids is 1. The predicted octanol–water partition coefficient (Wildman–Crippen LogP) is 10.5. The number of nitrogens with one attached hydrogen (secondary N) is 4. The number of hydrogen-bond donors (Lipinski definition) is 4. The fourth-order valence-electron chi connectivity index (χ4n) is 12.7. The van der Waals surface area contributed by atoms with Gasteiger partial charge in [0.15, 0.2) is 0 Å². The number of imidazole rings is 1. The number of nitrogens with zero attached hydrogens (tertiary/aromatic N) is 7. The molecule has 422 valence electrons. The lowest BCUT2D eigenvalue weighted by atomic mass is 9.59. The number of aromatic amines is 2. The van der Waals surface area contributed by atoms with Gasteiger partial charge in [-0.3, -0.25) is 24.7 Å². The van der Waals surface area contributed by atoms with Crippen LogP contribution in [0.5, 0.6) is 17.2 Å². The molecule has 1 unspecified atom stereocenters. The lowest BCUT2D eigenvalue weighted by Gasteiger charge is -2.58. The molecule has 3 aromatic heterocycles. The highest BCUT2D eigenvalue weighted by Crippen LogP contribution is 2.54. The summed E-state index contributed by atoms with van der Waals surface area (Å²) in [5.41, 5.74) is 1.60. The number of pyridine rings is 1. The largest absolute Gasteiger partial charge is 0.497 e. The number of aromatic nitrogens is 4. The van der Waals surface area contributed by atoms with Crippen molar-refractivity contribution in [2.75, 3.05) is 69.7 Å². The summed E-state index contributed by atoms with van der Waals surface area (Å²) in [6.45, 7) is 14.1. The number of benzene rings is 4. The van der Waals surface area contributed by atoms with Crippen LogP contribution >= 0.6 is 0 Å². The number of nitro benzene ring substituents is 1. The first-order chi connectivity index (χ1) is 38.4. The third kappa shape index (κ3) is 11.0. The summed E-state index contributed by atoms with van der Waals surface area (Å²) in [5.74, 6) is -0.729. The van der Waals surface area contributed by atoms with E-state index in [1.165, 1.54) is 29.0 Å². The molecule has 11 rings (SSSR count). The lowest BCUT2D eigenvalue weighted by Crippen LogP contribution is -2.60. The summed E-state index contributed by atoms with van der Waals surface area (Å²) in [4.78, 5) is 49.3. The van der Waals surface area contributed by atoms with Gasteiger partial charge in [-0.15, -0.1) is 0 Å². The minimum absolute atomic E-state index is 0.0702. The van der Waals surface area contributed by atoms with Crippen LogP contribution in [0.3, 0.4) is 0 Å². The van der Waals surface area contributed by atoms with Gasteiger partial charge in [0, 0.05) is 101 Å². The molecule has 0 radical (unpaired) electrons. The second kappa shape index (κ2) is 22.0. The molecule has 3 saturated heterocycles. The molecule has 3 aliphatic heterocycles. The molecule has 1 saturated carbocycles. The van der Waals surface area contributed by atoms with Gasteiger partial charge < -0.3 is 34.6 Å². The number of likely N-dealkylation sites (tertiary alicyclic amines) is 1. The number of fused-ring (bicyclic) bond motifs is 2. The van der Waals surface area contributed by atoms with E-state index >= 15 is 8.78 Å². The number of halogens is 2. The topological polar surface area (TPSA) is 207 Å². The number of rotatable bonds is 17. The number of carbonyl (C=O) groups is 1. The second-order valence-electron chi connectivity index (χ2n) is 22.9. The fraction of sp³-hybridized carbons (Fsp3) is 0.441. The lowest BCUT2D eigenvalue weighted by molar-refractivity contribution is -0.384. The van der Waals surface area contributed by atoms with Gasteiger partial charge in [0.1, 0.15) is 50.5 Å². The van der Waals surface area contributed by atoms with Crippen LogP contribution in [-0.2, 0) is 16.6 Å². The van der Waals surface area contributed by atoms with Crippen molar-refractivity contribution in [1.29, 1.82) is 0 Å². The predicted molar refractivity (Wildman–Crippen MR) is 303 cm³/mol. The maximum absolute atomic E-state index is 16.8. The molecular formula is C59H69F2N11O7S. The van der Waals surface area contributed by atoms with Crippen molar-refractivity contribution in [1.82, 2.24) is 39.4 Å². The summed E-state index contributed by atoms with van der Waals surface area (Å²) in [5, 5.41) is 16.2. The number of hydrogen-bond acceptors (Lipinski definition) is 14. The van der Waals surface area contributed by atoms with Gasteiger partial charge in [0.2, 0.25) is 0 Å². The molecule has 7 aromatic rings. The zero-order valence-electron chi connectivity index (χ0n) is 45.8. The third-order valence-electron chi connectivity index (χ3n) is 17.3. The normalized spacial score (nSPS) is 19.2. The number of H-pyrrole nitrogens is 2. The van der Waals surface area contributed by atoms with Crippen LogP contribution < -0.4 is 24.4 Å². The van der Waals surface area contributed by atoms with Crippen LogP contribution in [0.2, 0.25) is 0 Å². The van der Waals surface area contributed by atoms with Crippen LogP contribution in [-0.4, -0.2) is 131 Å². The second-order valence-corrected chi connectivity index (χ2v) is 24.5. The fourth-order valence-corrected chi connectivity index (χ4v) is 13.8. The summed E-state index contributed by atoms with van der Waals surface area (Å²) in [6, 6.07) is 24.7. The van der Waals surface area contributed by atoms with Crippen molar-refractivity contribution in [3.63, 3.8) is 0 Å². The average Bonchev–Trinajstić information content (AvgIpc) is 4.16. The van der Waals surface area contributed by atoms with Gasteiger partial charge in [0.25, 0.3) is 21.6 Å². The molecule has 4 aliphatic rings.